The zero-order chi connectivity index (χ0) is 11.8. The third kappa shape index (κ3) is 1.46. The van der Waals surface area contributed by atoms with Gasteiger partial charge in [-0.2, -0.15) is 0 Å². The van der Waals surface area contributed by atoms with E-state index in [0.717, 1.165) is 0 Å². The Labute approximate surface area is 96.4 Å². The Morgan fingerprint density at radius 2 is 2.06 bits per heavy atom. The monoisotopic (exact) mass is 227 g/mol. The lowest BCUT2D eigenvalue weighted by molar-refractivity contribution is 0.477. The average Bonchev–Trinajstić information content (AvgIpc) is 2.73. The first-order valence-corrected chi connectivity index (χ1v) is 4.99. The van der Waals surface area contributed by atoms with Crippen LogP contribution in [0.5, 0.6) is 5.75 Å². The second-order valence-corrected chi connectivity index (χ2v) is 3.61. The van der Waals surface area contributed by atoms with E-state index in [2.05, 4.69) is 15.2 Å². The van der Waals surface area contributed by atoms with Crippen LogP contribution >= 0.6 is 0 Å². The molecule has 0 aliphatic heterocycles. The molecule has 0 fully saturated rings. The molecule has 1 aromatic carbocycles. The van der Waals surface area contributed by atoms with Crippen molar-refractivity contribution >= 4 is 11.3 Å². The van der Waals surface area contributed by atoms with Crippen LogP contribution in [-0.4, -0.2) is 24.7 Å². The zero-order valence-electron chi connectivity index (χ0n) is 8.78. The Kier molecular flexibility index (Phi) is 1.94. The van der Waals surface area contributed by atoms with Crippen LogP contribution in [0.2, 0.25) is 0 Å². The Morgan fingerprint density at radius 3 is 2.88 bits per heavy atom. The third-order valence-corrected chi connectivity index (χ3v) is 2.48. The van der Waals surface area contributed by atoms with Crippen LogP contribution in [-0.2, 0) is 0 Å². The fraction of sp³-hybridized carbons (Fsp3) is 0. The van der Waals surface area contributed by atoms with E-state index in [1.54, 1.807) is 35.1 Å². The first kappa shape index (κ1) is 9.59. The van der Waals surface area contributed by atoms with E-state index >= 15 is 0 Å². The van der Waals surface area contributed by atoms with Gasteiger partial charge in [0.2, 0.25) is 0 Å². The van der Waals surface area contributed by atoms with Crippen molar-refractivity contribution in [2.24, 2.45) is 0 Å². The molecular formula is C11H9N5O. The maximum Gasteiger partial charge on any atom is 0.173 e. The summed E-state index contributed by atoms with van der Waals surface area (Å²) in [5.74, 6) is 0.605. The summed E-state index contributed by atoms with van der Waals surface area (Å²) in [6.45, 7) is 0. The van der Waals surface area contributed by atoms with Gasteiger partial charge in [0, 0.05) is 24.0 Å². The summed E-state index contributed by atoms with van der Waals surface area (Å²) in [5, 5.41) is 17.9. The lowest BCUT2D eigenvalue weighted by atomic mass is 10.1. The van der Waals surface area contributed by atoms with Gasteiger partial charge in [0.15, 0.2) is 11.5 Å². The molecule has 0 aliphatic carbocycles. The number of fused-ring (bicyclic) bond motifs is 1. The molecule has 0 bridgehead atoms. The Bertz CT molecular complexity index is 691. The highest BCUT2D eigenvalue weighted by Crippen LogP contribution is 2.29. The van der Waals surface area contributed by atoms with Crippen LogP contribution in [0.15, 0.2) is 36.8 Å². The smallest absolute Gasteiger partial charge is 0.173 e. The molecule has 0 amide bonds. The number of nitrogen functional groups attached to an aromatic ring is 1. The summed E-state index contributed by atoms with van der Waals surface area (Å²) < 4.78 is 1.70. The first-order chi connectivity index (χ1) is 8.25. The maximum atomic E-state index is 9.84. The van der Waals surface area contributed by atoms with Crippen LogP contribution in [0.4, 0.5) is 5.69 Å². The van der Waals surface area contributed by atoms with Gasteiger partial charge in [-0.15, -0.1) is 10.2 Å². The van der Waals surface area contributed by atoms with Crippen molar-refractivity contribution in [2.75, 3.05) is 5.73 Å². The highest BCUT2D eigenvalue weighted by Gasteiger charge is 2.11. The first-order valence-electron chi connectivity index (χ1n) is 4.99. The number of phenols is 1. The van der Waals surface area contributed by atoms with Crippen molar-refractivity contribution in [1.29, 1.82) is 0 Å². The number of nitrogens with two attached hydrogens (primary N) is 1. The minimum absolute atomic E-state index is 0.0724. The van der Waals surface area contributed by atoms with Gasteiger partial charge in [0.25, 0.3) is 0 Å². The van der Waals surface area contributed by atoms with Gasteiger partial charge in [-0.25, -0.2) is 4.98 Å². The number of phenolic OH excluding ortho intramolecular Hbond substituents is 1. The van der Waals surface area contributed by atoms with Crippen LogP contribution in [0.1, 0.15) is 0 Å². The zero-order valence-corrected chi connectivity index (χ0v) is 8.78. The normalized spacial score (nSPS) is 10.8. The largest absolute Gasteiger partial charge is 0.507 e. The maximum absolute atomic E-state index is 9.84. The van der Waals surface area contributed by atoms with E-state index < -0.39 is 0 Å². The molecule has 0 aliphatic rings. The van der Waals surface area contributed by atoms with Gasteiger partial charge in [0.1, 0.15) is 12.1 Å². The molecular weight excluding hydrogens is 218 g/mol. The van der Waals surface area contributed by atoms with E-state index in [1.165, 1.54) is 6.07 Å². The summed E-state index contributed by atoms with van der Waals surface area (Å²) in [5.41, 5.74) is 7.32. The SMILES string of the molecule is Nc1ccc(-c2nnc3ccncn23)c(O)c1. The topological polar surface area (TPSA) is 89.3 Å². The second kappa shape index (κ2) is 3.44. The average molecular weight is 227 g/mol. The molecule has 2 heterocycles. The highest BCUT2D eigenvalue weighted by atomic mass is 16.3. The van der Waals surface area contributed by atoms with Crippen molar-refractivity contribution < 1.29 is 5.11 Å². The van der Waals surface area contributed by atoms with Crippen molar-refractivity contribution in [1.82, 2.24) is 19.6 Å². The summed E-state index contributed by atoms with van der Waals surface area (Å²) in [4.78, 5) is 4.00. The fourth-order valence-electron chi connectivity index (χ4n) is 1.67. The lowest BCUT2D eigenvalue weighted by Gasteiger charge is -2.03. The number of nitrogens with zero attached hydrogens (tertiary/aromatic N) is 4. The summed E-state index contributed by atoms with van der Waals surface area (Å²) in [6.07, 6.45) is 3.23. The predicted octanol–water partition coefficient (Wildman–Crippen LogP) is 1.08. The van der Waals surface area contributed by atoms with E-state index in [0.29, 0.717) is 22.7 Å². The lowest BCUT2D eigenvalue weighted by Crippen LogP contribution is -1.92. The van der Waals surface area contributed by atoms with Crippen molar-refractivity contribution in [3.63, 3.8) is 0 Å². The molecule has 3 rings (SSSR count). The number of aromatic nitrogens is 4. The van der Waals surface area contributed by atoms with Crippen LogP contribution in [0.3, 0.4) is 0 Å². The third-order valence-electron chi connectivity index (χ3n) is 2.48. The minimum Gasteiger partial charge on any atom is -0.507 e. The molecule has 0 saturated carbocycles. The summed E-state index contributed by atoms with van der Waals surface area (Å²) >= 11 is 0. The van der Waals surface area contributed by atoms with Gasteiger partial charge in [-0.3, -0.25) is 4.40 Å². The molecule has 2 aromatic heterocycles. The van der Waals surface area contributed by atoms with Crippen molar-refractivity contribution in [3.05, 3.63) is 36.8 Å². The summed E-state index contributed by atoms with van der Waals surface area (Å²) in [7, 11) is 0. The van der Waals surface area contributed by atoms with Crippen LogP contribution < -0.4 is 5.73 Å². The standard InChI is InChI=1S/C11H9N5O/c12-7-1-2-8(9(17)5-7)11-15-14-10-3-4-13-6-16(10)11/h1-6,17H,12H2. The molecule has 84 valence electrons. The van der Waals surface area contributed by atoms with Crippen LogP contribution in [0, 0.1) is 0 Å². The Hall–Kier alpha value is -2.63. The highest BCUT2D eigenvalue weighted by molar-refractivity contribution is 5.69. The predicted molar refractivity (Wildman–Crippen MR) is 62.3 cm³/mol. The van der Waals surface area contributed by atoms with Crippen LogP contribution in [0.25, 0.3) is 17.0 Å². The molecule has 3 N–H and O–H groups in total. The molecule has 3 aromatic rings. The van der Waals surface area contributed by atoms with Gasteiger partial charge in [-0.05, 0) is 12.1 Å². The molecule has 17 heavy (non-hydrogen) atoms. The Morgan fingerprint density at radius 1 is 1.18 bits per heavy atom. The number of rotatable bonds is 1. The quantitative estimate of drug-likeness (QED) is 0.607. The van der Waals surface area contributed by atoms with E-state index in [9.17, 15) is 5.11 Å². The Balaban J connectivity index is 2.27. The van der Waals surface area contributed by atoms with Crippen molar-refractivity contribution in [3.8, 4) is 17.1 Å². The molecule has 6 heteroatoms. The molecule has 0 radical (unpaired) electrons. The van der Waals surface area contributed by atoms with E-state index in [1.807, 2.05) is 0 Å². The number of hydrogen-bond acceptors (Lipinski definition) is 5. The summed E-state index contributed by atoms with van der Waals surface area (Å²) in [6, 6.07) is 6.62. The molecule has 0 atom stereocenters. The molecule has 0 saturated heterocycles. The number of aromatic hydroxyl groups is 1. The minimum atomic E-state index is 0.0724. The van der Waals surface area contributed by atoms with Crippen molar-refractivity contribution in [2.45, 2.75) is 0 Å². The van der Waals surface area contributed by atoms with E-state index in [-0.39, 0.29) is 5.75 Å². The van der Waals surface area contributed by atoms with Gasteiger partial charge in [0.05, 0.1) is 5.56 Å². The van der Waals surface area contributed by atoms with Gasteiger partial charge >= 0.3 is 0 Å². The molecule has 0 spiro atoms. The number of anilines is 1. The van der Waals surface area contributed by atoms with Gasteiger partial charge in [-0.1, -0.05) is 0 Å². The second-order valence-electron chi connectivity index (χ2n) is 3.61. The number of benzene rings is 1. The molecule has 0 unspecified atom stereocenters. The fourth-order valence-corrected chi connectivity index (χ4v) is 1.67. The van der Waals surface area contributed by atoms with E-state index in [4.69, 9.17) is 5.73 Å². The van der Waals surface area contributed by atoms with Gasteiger partial charge < -0.3 is 10.8 Å². The number of hydrogen-bond donors (Lipinski definition) is 2. The molecule has 6 nitrogen and oxygen atoms in total.